The number of hydrogen-bond acceptors (Lipinski definition) is 5. The van der Waals surface area contributed by atoms with Gasteiger partial charge in [0.2, 0.25) is 5.91 Å². The Morgan fingerprint density at radius 1 is 1.00 bits per heavy atom. The largest absolute Gasteiger partial charge is 0.393 e. The summed E-state index contributed by atoms with van der Waals surface area (Å²) in [6.45, 7) is 11.2. The second-order valence-corrected chi connectivity index (χ2v) is 15.2. The SMILES string of the molecule is C[C@H](C[C@H](C)C(=O)NCCS(=O)(=O)O)[C@H]1CCC2C3C(CC[C@@]21C)[C@@]1(C)CC[C@@H](O)CC1[C@@H](C)[C@@H]3O. The van der Waals surface area contributed by atoms with E-state index in [-0.39, 0.29) is 47.3 Å². The van der Waals surface area contributed by atoms with Gasteiger partial charge in [-0.3, -0.25) is 9.35 Å². The summed E-state index contributed by atoms with van der Waals surface area (Å²) in [6.07, 6.45) is 7.52. The van der Waals surface area contributed by atoms with Crippen molar-refractivity contribution in [3.63, 3.8) is 0 Å². The lowest BCUT2D eigenvalue weighted by Gasteiger charge is -2.64. The van der Waals surface area contributed by atoms with Crippen LogP contribution in [0.5, 0.6) is 0 Å². The zero-order valence-electron chi connectivity index (χ0n) is 22.8. The average Bonchev–Trinajstić information content (AvgIpc) is 3.14. The van der Waals surface area contributed by atoms with Gasteiger partial charge < -0.3 is 15.5 Å². The van der Waals surface area contributed by atoms with Gasteiger partial charge in [0.15, 0.2) is 0 Å². The highest BCUT2D eigenvalue weighted by Crippen LogP contribution is 2.69. The zero-order valence-corrected chi connectivity index (χ0v) is 23.6. The van der Waals surface area contributed by atoms with Crippen LogP contribution in [0.25, 0.3) is 0 Å². The highest BCUT2D eigenvalue weighted by Gasteiger charge is 2.64. The fourth-order valence-electron chi connectivity index (χ4n) is 9.93. The van der Waals surface area contributed by atoms with Gasteiger partial charge in [0.25, 0.3) is 10.1 Å². The molecular weight excluding hydrogens is 478 g/mol. The minimum absolute atomic E-state index is 0.0739. The first-order chi connectivity index (χ1) is 16.7. The number of rotatable bonds is 7. The molecule has 4 fully saturated rings. The Balaban J connectivity index is 1.45. The summed E-state index contributed by atoms with van der Waals surface area (Å²) >= 11 is 0. The van der Waals surface area contributed by atoms with Gasteiger partial charge >= 0.3 is 0 Å². The van der Waals surface area contributed by atoms with Gasteiger partial charge in [-0.15, -0.1) is 0 Å². The molecule has 8 heteroatoms. The van der Waals surface area contributed by atoms with Gasteiger partial charge in [-0.2, -0.15) is 8.42 Å². The number of nitrogens with one attached hydrogen (secondary N) is 1. The maximum Gasteiger partial charge on any atom is 0.266 e. The summed E-state index contributed by atoms with van der Waals surface area (Å²) < 4.78 is 30.8. The lowest BCUT2D eigenvalue weighted by molar-refractivity contribution is -0.199. The molecule has 4 unspecified atom stereocenters. The second kappa shape index (κ2) is 10.1. The van der Waals surface area contributed by atoms with Crippen LogP contribution in [0.1, 0.15) is 86.0 Å². The van der Waals surface area contributed by atoms with Crippen LogP contribution in [0, 0.1) is 58.2 Å². The molecule has 0 bridgehead atoms. The van der Waals surface area contributed by atoms with Crippen LogP contribution in [-0.4, -0.2) is 53.6 Å². The monoisotopic (exact) mass is 527 g/mol. The molecule has 0 heterocycles. The average molecular weight is 528 g/mol. The maximum absolute atomic E-state index is 12.6. The first-order valence-electron chi connectivity index (χ1n) is 14.3. The topological polar surface area (TPSA) is 124 Å². The molecule has 0 aromatic rings. The molecule has 4 N–H and O–H groups in total. The van der Waals surface area contributed by atoms with E-state index >= 15 is 0 Å². The molecule has 208 valence electrons. The number of amides is 1. The first-order valence-corrected chi connectivity index (χ1v) is 15.9. The Morgan fingerprint density at radius 3 is 2.31 bits per heavy atom. The summed E-state index contributed by atoms with van der Waals surface area (Å²) in [6, 6.07) is 0. The van der Waals surface area contributed by atoms with Gasteiger partial charge in [-0.25, -0.2) is 0 Å². The molecule has 7 nitrogen and oxygen atoms in total. The minimum atomic E-state index is -4.08. The molecule has 0 saturated heterocycles. The van der Waals surface area contributed by atoms with Crippen LogP contribution in [0.3, 0.4) is 0 Å². The van der Waals surface area contributed by atoms with Gasteiger partial charge in [0.1, 0.15) is 0 Å². The molecule has 1 amide bonds. The van der Waals surface area contributed by atoms with E-state index in [9.17, 15) is 23.4 Å². The number of hydrogen-bond donors (Lipinski definition) is 4. The second-order valence-electron chi connectivity index (χ2n) is 13.6. The predicted molar refractivity (Wildman–Crippen MR) is 140 cm³/mol. The predicted octanol–water partition coefficient (Wildman–Crippen LogP) is 3.89. The molecule has 36 heavy (non-hydrogen) atoms. The van der Waals surface area contributed by atoms with E-state index in [2.05, 4.69) is 33.0 Å². The van der Waals surface area contributed by atoms with E-state index in [1.807, 2.05) is 6.92 Å². The van der Waals surface area contributed by atoms with Crippen LogP contribution < -0.4 is 5.32 Å². The van der Waals surface area contributed by atoms with Crippen molar-refractivity contribution in [1.29, 1.82) is 0 Å². The van der Waals surface area contributed by atoms with Crippen molar-refractivity contribution in [2.75, 3.05) is 12.3 Å². The van der Waals surface area contributed by atoms with E-state index < -0.39 is 15.9 Å². The number of carbonyl (C=O) groups excluding carboxylic acids is 1. The third-order valence-corrected chi connectivity index (χ3v) is 12.4. The van der Waals surface area contributed by atoms with E-state index in [0.717, 1.165) is 51.4 Å². The quantitative estimate of drug-likeness (QED) is 0.373. The molecule has 0 spiro atoms. The highest BCUT2D eigenvalue weighted by atomic mass is 32.2. The summed E-state index contributed by atoms with van der Waals surface area (Å²) in [5.74, 6) is 1.90. The lowest BCUT2D eigenvalue weighted by Crippen LogP contribution is -2.61. The van der Waals surface area contributed by atoms with Crippen LogP contribution in [-0.2, 0) is 14.9 Å². The van der Waals surface area contributed by atoms with Crippen molar-refractivity contribution in [2.24, 2.45) is 58.2 Å². The van der Waals surface area contributed by atoms with E-state index in [1.165, 1.54) is 0 Å². The van der Waals surface area contributed by atoms with Crippen molar-refractivity contribution in [3.8, 4) is 0 Å². The summed E-state index contributed by atoms with van der Waals surface area (Å²) in [7, 11) is -4.08. The van der Waals surface area contributed by atoms with Crippen molar-refractivity contribution < 1.29 is 28.0 Å². The third kappa shape index (κ3) is 5.01. The van der Waals surface area contributed by atoms with Crippen molar-refractivity contribution in [1.82, 2.24) is 5.32 Å². The molecule has 4 rings (SSSR count). The third-order valence-electron chi connectivity index (χ3n) is 11.7. The van der Waals surface area contributed by atoms with Crippen molar-refractivity contribution >= 4 is 16.0 Å². The first kappa shape index (κ1) is 28.3. The zero-order chi connectivity index (χ0) is 26.6. The van der Waals surface area contributed by atoms with Crippen molar-refractivity contribution in [3.05, 3.63) is 0 Å². The van der Waals surface area contributed by atoms with Crippen molar-refractivity contribution in [2.45, 2.75) is 98.2 Å². The van der Waals surface area contributed by atoms with Crippen LogP contribution in [0.4, 0.5) is 0 Å². The fourth-order valence-corrected chi connectivity index (χ4v) is 10.3. The molecule has 12 atom stereocenters. The fraction of sp³-hybridized carbons (Fsp3) is 0.964. The number of fused-ring (bicyclic) bond motifs is 5. The van der Waals surface area contributed by atoms with E-state index in [4.69, 9.17) is 4.55 Å². The molecule has 4 aliphatic rings. The van der Waals surface area contributed by atoms with Crippen LogP contribution in [0.2, 0.25) is 0 Å². The van der Waals surface area contributed by atoms with Gasteiger partial charge in [0, 0.05) is 12.5 Å². The highest BCUT2D eigenvalue weighted by molar-refractivity contribution is 7.85. The normalized spacial score (nSPS) is 46.2. The lowest BCUT2D eigenvalue weighted by atomic mass is 9.42. The Bertz CT molecular complexity index is 925. The Hall–Kier alpha value is -0.700. The molecule has 0 aliphatic heterocycles. The molecular formula is C28H49NO6S. The summed E-state index contributed by atoms with van der Waals surface area (Å²) in [4.78, 5) is 12.6. The molecule has 4 aliphatic carbocycles. The Labute approximate surface area is 217 Å². The van der Waals surface area contributed by atoms with Crippen LogP contribution >= 0.6 is 0 Å². The summed E-state index contributed by atoms with van der Waals surface area (Å²) in [5, 5.41) is 24.7. The standard InChI is InChI=1S/C28H49NO6S/c1-16(14-17(2)26(32)29-12-13-36(33,34)35)20-6-7-21-24-22(9-11-27(20,21)4)28(5)10-8-19(30)15-23(28)18(3)25(24)31/h16-25,30-31H,6-15H2,1-5H3,(H,29,32)(H,33,34,35)/t16-,17+,18-,19-,20-,21?,22?,23?,24?,25+,27-,28-/m1/s1. The Morgan fingerprint density at radius 2 is 1.64 bits per heavy atom. The molecule has 0 radical (unpaired) electrons. The smallest absolute Gasteiger partial charge is 0.266 e. The molecule has 4 saturated carbocycles. The maximum atomic E-state index is 12.6. The molecule has 0 aromatic heterocycles. The molecule has 0 aromatic carbocycles. The number of carbonyl (C=O) groups is 1. The Kier molecular flexibility index (Phi) is 7.96. The van der Waals surface area contributed by atoms with E-state index in [1.54, 1.807) is 0 Å². The summed E-state index contributed by atoms with van der Waals surface area (Å²) in [5.41, 5.74) is 0.349. The van der Waals surface area contributed by atoms with E-state index in [0.29, 0.717) is 35.5 Å². The number of aliphatic hydroxyl groups excluding tert-OH is 2. The minimum Gasteiger partial charge on any atom is -0.393 e. The van der Waals surface area contributed by atoms with Gasteiger partial charge in [0.05, 0.1) is 18.0 Å². The van der Waals surface area contributed by atoms with Crippen LogP contribution in [0.15, 0.2) is 0 Å². The van der Waals surface area contributed by atoms with Gasteiger partial charge in [-0.1, -0.05) is 34.6 Å². The van der Waals surface area contributed by atoms with Gasteiger partial charge in [-0.05, 0) is 104 Å². The number of aliphatic hydroxyl groups is 2.